The average molecular weight is 441 g/mol. The Morgan fingerprint density at radius 3 is 1.56 bits per heavy atom. The minimum Gasteiger partial charge on any atom is -0.356 e. The molecule has 0 fully saturated rings. The molecule has 1 heterocycles. The van der Waals surface area contributed by atoms with E-state index in [1.54, 1.807) is 0 Å². The third-order valence-corrected chi connectivity index (χ3v) is 6.99. The van der Waals surface area contributed by atoms with E-state index in [0.717, 1.165) is 0 Å². The van der Waals surface area contributed by atoms with Crippen molar-refractivity contribution < 1.29 is 0 Å². The van der Waals surface area contributed by atoms with Crippen LogP contribution in [0.25, 0.3) is 0 Å². The van der Waals surface area contributed by atoms with E-state index in [2.05, 4.69) is 66.4 Å². The van der Waals surface area contributed by atoms with Crippen molar-refractivity contribution in [2.24, 2.45) is 0 Å². The van der Waals surface area contributed by atoms with Gasteiger partial charge < -0.3 is 9.80 Å². The van der Waals surface area contributed by atoms with Gasteiger partial charge in [-0.05, 0) is 25.0 Å². The molecule has 0 bridgehead atoms. The number of para-hydroxylation sites is 1. The summed E-state index contributed by atoms with van der Waals surface area (Å²) in [6, 6.07) is 10.8. The molecule has 0 aromatic heterocycles. The van der Waals surface area contributed by atoms with Crippen molar-refractivity contribution in [3.63, 3.8) is 0 Å². The molecule has 1 aromatic carbocycles. The van der Waals surface area contributed by atoms with E-state index in [1.807, 2.05) is 0 Å². The summed E-state index contributed by atoms with van der Waals surface area (Å²) in [5.74, 6) is 0. The molecule has 2 nitrogen and oxygen atoms in total. The highest BCUT2D eigenvalue weighted by molar-refractivity contribution is 5.51. The topological polar surface area (TPSA) is 6.48 Å². The largest absolute Gasteiger partial charge is 0.356 e. The van der Waals surface area contributed by atoms with Gasteiger partial charge in [0.15, 0.2) is 0 Å². The molecule has 182 valence electrons. The molecule has 0 amide bonds. The molecule has 0 N–H and O–H groups in total. The maximum absolute atomic E-state index is 2.57. The molecule has 2 heteroatoms. The number of nitrogens with zero attached hydrogens (tertiary/aromatic N) is 2. The zero-order chi connectivity index (χ0) is 22.7. The summed E-state index contributed by atoms with van der Waals surface area (Å²) in [7, 11) is 0. The van der Waals surface area contributed by atoms with Gasteiger partial charge in [-0.25, -0.2) is 0 Å². The number of rotatable bonds is 20. The molecule has 1 aromatic rings. The SMILES string of the molecule is CCCCCCCCCCCCCCCCCCN1C=CN(c2ccccc2)C1CCC. The van der Waals surface area contributed by atoms with Gasteiger partial charge in [-0.2, -0.15) is 0 Å². The van der Waals surface area contributed by atoms with E-state index in [4.69, 9.17) is 0 Å². The Kier molecular flexibility index (Phi) is 15.1. The summed E-state index contributed by atoms with van der Waals surface area (Å²) in [5, 5.41) is 0. The summed E-state index contributed by atoms with van der Waals surface area (Å²) in [6.45, 7) is 5.80. The first kappa shape index (κ1) is 26.8. The van der Waals surface area contributed by atoms with Crippen molar-refractivity contribution in [2.75, 3.05) is 11.4 Å². The number of anilines is 1. The molecule has 0 saturated heterocycles. The van der Waals surface area contributed by atoms with Crippen LogP contribution in [0.1, 0.15) is 129 Å². The highest BCUT2D eigenvalue weighted by Crippen LogP contribution is 2.27. The van der Waals surface area contributed by atoms with E-state index in [-0.39, 0.29) is 0 Å². The smallest absolute Gasteiger partial charge is 0.105 e. The van der Waals surface area contributed by atoms with Gasteiger partial charge in [-0.1, -0.05) is 135 Å². The molecular formula is C30H52N2. The third kappa shape index (κ3) is 10.9. The Labute approximate surface area is 200 Å². The van der Waals surface area contributed by atoms with Gasteiger partial charge in [0.25, 0.3) is 0 Å². The summed E-state index contributed by atoms with van der Waals surface area (Å²) in [4.78, 5) is 5.02. The Balaban J connectivity index is 1.43. The van der Waals surface area contributed by atoms with Crippen molar-refractivity contribution in [3.8, 4) is 0 Å². The van der Waals surface area contributed by atoms with Gasteiger partial charge in [-0.3, -0.25) is 0 Å². The van der Waals surface area contributed by atoms with Crippen LogP contribution in [0.3, 0.4) is 0 Å². The van der Waals surface area contributed by atoms with Crippen molar-refractivity contribution in [1.29, 1.82) is 0 Å². The minimum absolute atomic E-state index is 0.499. The highest BCUT2D eigenvalue weighted by Gasteiger charge is 2.25. The molecule has 0 saturated carbocycles. The lowest BCUT2D eigenvalue weighted by molar-refractivity contribution is 0.277. The standard InChI is InChI=1S/C30H52N2/c1-3-5-6-7-8-9-10-11-12-13-14-15-16-17-18-22-26-31-27-28-32(30(31)23-4-2)29-24-20-19-21-25-29/h19-21,24-25,27-28,30H,3-18,22-23,26H2,1-2H3. The minimum atomic E-state index is 0.499. The van der Waals surface area contributed by atoms with Crippen LogP contribution in [0.2, 0.25) is 0 Å². The van der Waals surface area contributed by atoms with E-state index in [0.29, 0.717) is 6.17 Å². The highest BCUT2D eigenvalue weighted by atomic mass is 15.4. The summed E-state index contributed by atoms with van der Waals surface area (Å²) in [6.07, 6.45) is 30.5. The molecule has 1 aliphatic rings. The first-order valence-electron chi connectivity index (χ1n) is 14.1. The van der Waals surface area contributed by atoms with Gasteiger partial charge in [0.2, 0.25) is 0 Å². The van der Waals surface area contributed by atoms with Crippen LogP contribution in [0.4, 0.5) is 5.69 Å². The van der Waals surface area contributed by atoms with Crippen molar-refractivity contribution in [3.05, 3.63) is 42.7 Å². The molecule has 0 spiro atoms. The molecule has 0 aliphatic carbocycles. The lowest BCUT2D eigenvalue weighted by atomic mass is 10.0. The first-order valence-corrected chi connectivity index (χ1v) is 14.1. The summed E-state index contributed by atoms with van der Waals surface area (Å²) in [5.41, 5.74) is 1.32. The fraction of sp³-hybridized carbons (Fsp3) is 0.733. The Morgan fingerprint density at radius 1 is 0.562 bits per heavy atom. The number of unbranched alkanes of at least 4 members (excludes halogenated alkanes) is 15. The van der Waals surface area contributed by atoms with E-state index >= 15 is 0 Å². The predicted octanol–water partition coefficient (Wildman–Crippen LogP) is 9.67. The number of hydrogen-bond donors (Lipinski definition) is 0. The predicted molar refractivity (Wildman–Crippen MR) is 143 cm³/mol. The van der Waals surface area contributed by atoms with Crippen LogP contribution in [-0.4, -0.2) is 17.6 Å². The van der Waals surface area contributed by atoms with E-state index in [1.165, 1.54) is 128 Å². The fourth-order valence-electron chi connectivity index (χ4n) is 5.00. The normalized spacial score (nSPS) is 15.8. The quantitative estimate of drug-likeness (QED) is 0.186. The molecule has 0 radical (unpaired) electrons. The second-order valence-electron chi connectivity index (χ2n) is 9.85. The molecule has 2 rings (SSSR count). The van der Waals surface area contributed by atoms with Crippen LogP contribution >= 0.6 is 0 Å². The van der Waals surface area contributed by atoms with Gasteiger partial charge in [0, 0.05) is 24.6 Å². The second-order valence-corrected chi connectivity index (χ2v) is 9.85. The van der Waals surface area contributed by atoms with Crippen molar-refractivity contribution in [2.45, 2.75) is 136 Å². The average Bonchev–Trinajstić information content (AvgIpc) is 3.22. The van der Waals surface area contributed by atoms with Gasteiger partial charge >= 0.3 is 0 Å². The number of hydrogen-bond acceptors (Lipinski definition) is 2. The Morgan fingerprint density at radius 2 is 1.06 bits per heavy atom. The maximum atomic E-state index is 2.57. The van der Waals surface area contributed by atoms with Crippen LogP contribution in [0, 0.1) is 0 Å². The molecule has 32 heavy (non-hydrogen) atoms. The first-order chi connectivity index (χ1) is 15.9. The van der Waals surface area contributed by atoms with E-state index < -0.39 is 0 Å². The van der Waals surface area contributed by atoms with Crippen LogP contribution < -0.4 is 4.90 Å². The third-order valence-electron chi connectivity index (χ3n) is 6.99. The number of benzene rings is 1. The molecule has 1 atom stereocenters. The van der Waals surface area contributed by atoms with Gasteiger partial charge in [0.05, 0.1) is 0 Å². The second kappa shape index (κ2) is 18.0. The monoisotopic (exact) mass is 440 g/mol. The summed E-state index contributed by atoms with van der Waals surface area (Å²) >= 11 is 0. The van der Waals surface area contributed by atoms with Crippen LogP contribution in [-0.2, 0) is 0 Å². The Bertz CT molecular complexity index is 567. The van der Waals surface area contributed by atoms with Gasteiger partial charge in [-0.15, -0.1) is 0 Å². The van der Waals surface area contributed by atoms with Crippen molar-refractivity contribution >= 4 is 5.69 Å². The molecular weight excluding hydrogens is 388 g/mol. The molecule has 1 aliphatic heterocycles. The molecule has 1 unspecified atom stereocenters. The maximum Gasteiger partial charge on any atom is 0.105 e. The zero-order valence-electron chi connectivity index (χ0n) is 21.4. The Hall–Kier alpha value is -1.44. The van der Waals surface area contributed by atoms with E-state index in [9.17, 15) is 0 Å². The zero-order valence-corrected chi connectivity index (χ0v) is 21.4. The van der Waals surface area contributed by atoms with Crippen molar-refractivity contribution in [1.82, 2.24) is 4.90 Å². The lowest BCUT2D eigenvalue weighted by Gasteiger charge is -2.32. The van der Waals surface area contributed by atoms with Crippen LogP contribution in [0.15, 0.2) is 42.7 Å². The van der Waals surface area contributed by atoms with Crippen LogP contribution in [0.5, 0.6) is 0 Å². The summed E-state index contributed by atoms with van der Waals surface area (Å²) < 4.78 is 0. The van der Waals surface area contributed by atoms with Gasteiger partial charge in [0.1, 0.15) is 6.17 Å². The lowest BCUT2D eigenvalue weighted by Crippen LogP contribution is -2.39. The fourth-order valence-corrected chi connectivity index (χ4v) is 5.00.